The van der Waals surface area contributed by atoms with Crippen molar-refractivity contribution in [2.24, 2.45) is 0 Å². The second kappa shape index (κ2) is 13.4. The molecule has 0 aliphatic carbocycles. The minimum absolute atomic E-state index is 0.842. The summed E-state index contributed by atoms with van der Waals surface area (Å²) >= 11 is 1.79. The van der Waals surface area contributed by atoms with E-state index in [1.165, 1.54) is 36.9 Å². The lowest BCUT2D eigenvalue weighted by molar-refractivity contribution is 1.16. The molecule has 0 aliphatic rings. The van der Waals surface area contributed by atoms with Crippen LogP contribution in [0.1, 0.15) is 0 Å². The summed E-state index contributed by atoms with van der Waals surface area (Å²) in [5.74, 6) is 0.842. The van der Waals surface area contributed by atoms with Gasteiger partial charge in [0.25, 0.3) is 0 Å². The van der Waals surface area contributed by atoms with Gasteiger partial charge in [-0.15, -0.1) is 11.3 Å². The molecular weight excluding hydrogens is 641 g/mol. The minimum atomic E-state index is 0.842. The van der Waals surface area contributed by atoms with Gasteiger partial charge in [-0.3, -0.25) is 9.88 Å². The van der Waals surface area contributed by atoms with E-state index < -0.39 is 0 Å². The highest BCUT2D eigenvalue weighted by atomic mass is 32.1. The average molecular weight is 673 g/mol. The van der Waals surface area contributed by atoms with E-state index in [2.05, 4.69) is 174 Å². The number of benzene rings is 6. The Hall–Kier alpha value is -6.56. The van der Waals surface area contributed by atoms with Crippen LogP contribution in [0.25, 0.3) is 42.6 Å². The fourth-order valence-corrected chi connectivity index (χ4v) is 7.95. The quantitative estimate of drug-likeness (QED) is 0.161. The molecule has 0 saturated carbocycles. The van der Waals surface area contributed by atoms with Crippen LogP contribution in [-0.2, 0) is 0 Å². The van der Waals surface area contributed by atoms with E-state index in [0.29, 0.717) is 0 Å². The maximum Gasteiger partial charge on any atom is 0.137 e. The van der Waals surface area contributed by atoms with Crippen molar-refractivity contribution in [3.8, 4) is 21.7 Å². The number of thiophene rings is 1. The monoisotopic (exact) mass is 672 g/mol. The maximum atomic E-state index is 5.12. The van der Waals surface area contributed by atoms with Gasteiger partial charge in [0, 0.05) is 44.6 Å². The molecule has 0 N–H and O–H groups in total. The Kier molecular flexibility index (Phi) is 8.01. The van der Waals surface area contributed by atoms with Crippen LogP contribution in [-0.4, -0.2) is 9.97 Å². The number of aromatic nitrogens is 2. The number of para-hydroxylation sites is 2. The predicted octanol–water partition coefficient (Wildman–Crippen LogP) is 13.1. The molecule has 0 radical (unpaired) electrons. The van der Waals surface area contributed by atoms with E-state index in [1.807, 2.05) is 30.6 Å². The van der Waals surface area contributed by atoms with Crippen molar-refractivity contribution in [3.05, 3.63) is 194 Å². The van der Waals surface area contributed by atoms with Gasteiger partial charge < -0.3 is 4.90 Å². The summed E-state index contributed by atoms with van der Waals surface area (Å²) in [4.78, 5) is 15.5. The lowest BCUT2D eigenvalue weighted by atomic mass is 10.00. The van der Waals surface area contributed by atoms with Crippen LogP contribution in [0.15, 0.2) is 194 Å². The van der Waals surface area contributed by atoms with Crippen LogP contribution in [0.5, 0.6) is 0 Å². The minimum Gasteiger partial charge on any atom is -0.309 e. The highest BCUT2D eigenvalue weighted by Crippen LogP contribution is 2.47. The molecule has 5 heteroatoms. The second-order valence-electron chi connectivity index (χ2n) is 12.3. The van der Waals surface area contributed by atoms with Crippen molar-refractivity contribution < 1.29 is 0 Å². The van der Waals surface area contributed by atoms with Crippen LogP contribution in [0, 0.1) is 0 Å². The van der Waals surface area contributed by atoms with Crippen LogP contribution in [0.3, 0.4) is 0 Å². The van der Waals surface area contributed by atoms with E-state index in [9.17, 15) is 0 Å². The molecule has 3 aromatic heterocycles. The van der Waals surface area contributed by atoms with Crippen molar-refractivity contribution in [2.45, 2.75) is 0 Å². The molecule has 9 rings (SSSR count). The number of fused-ring (bicyclic) bond motifs is 2. The Bertz CT molecular complexity index is 2530. The van der Waals surface area contributed by atoms with Gasteiger partial charge in [-0.25, -0.2) is 4.98 Å². The summed E-state index contributed by atoms with van der Waals surface area (Å²) < 4.78 is 1.21. The van der Waals surface area contributed by atoms with Crippen LogP contribution < -0.4 is 9.80 Å². The zero-order chi connectivity index (χ0) is 34.0. The molecule has 0 amide bonds. The zero-order valence-corrected chi connectivity index (χ0v) is 28.5. The standard InChI is InChI=1S/C46H32N4S/c1-4-15-34(16-5-1)45-41-31-39(25-27-43(41)51-46(45)42-22-12-13-29-47-42)49(38-24-23-33-14-10-11-17-35(33)30-38)40-26-28-44(48-32-40)50(36-18-6-2-7-19-36)37-20-8-3-9-21-37/h1-32H. The summed E-state index contributed by atoms with van der Waals surface area (Å²) in [6, 6.07) is 63.8. The molecule has 0 fully saturated rings. The molecular formula is C46H32N4S. The molecule has 0 spiro atoms. The lowest BCUT2D eigenvalue weighted by Gasteiger charge is -2.28. The van der Waals surface area contributed by atoms with Gasteiger partial charge in [0.2, 0.25) is 0 Å². The van der Waals surface area contributed by atoms with Gasteiger partial charge in [-0.1, -0.05) is 103 Å². The highest BCUT2D eigenvalue weighted by molar-refractivity contribution is 7.23. The van der Waals surface area contributed by atoms with Crippen molar-refractivity contribution in [3.63, 3.8) is 0 Å². The smallest absolute Gasteiger partial charge is 0.137 e. The molecule has 9 aromatic rings. The molecule has 0 atom stereocenters. The first kappa shape index (κ1) is 30.5. The maximum absolute atomic E-state index is 5.12. The van der Waals surface area contributed by atoms with Crippen LogP contribution in [0.2, 0.25) is 0 Å². The molecule has 242 valence electrons. The molecule has 0 bridgehead atoms. The third-order valence-electron chi connectivity index (χ3n) is 9.13. The van der Waals surface area contributed by atoms with E-state index in [4.69, 9.17) is 9.97 Å². The van der Waals surface area contributed by atoms with Gasteiger partial charge in [0.05, 0.1) is 22.5 Å². The molecule has 4 nitrogen and oxygen atoms in total. The molecule has 3 heterocycles. The number of hydrogen-bond donors (Lipinski definition) is 0. The van der Waals surface area contributed by atoms with Crippen LogP contribution in [0.4, 0.5) is 34.3 Å². The van der Waals surface area contributed by atoms with Gasteiger partial charge in [0.1, 0.15) is 5.82 Å². The Labute approximate surface area is 301 Å². The number of rotatable bonds is 8. The van der Waals surface area contributed by atoms with Crippen molar-refractivity contribution >= 4 is 66.5 Å². The first-order valence-electron chi connectivity index (χ1n) is 17.0. The van der Waals surface area contributed by atoms with E-state index in [1.54, 1.807) is 11.3 Å². The summed E-state index contributed by atoms with van der Waals surface area (Å²) in [5.41, 5.74) is 8.54. The zero-order valence-electron chi connectivity index (χ0n) is 27.7. The Morgan fingerprint density at radius 2 is 1.06 bits per heavy atom. The summed E-state index contributed by atoms with van der Waals surface area (Å²) in [5, 5.41) is 3.58. The van der Waals surface area contributed by atoms with Gasteiger partial charge in [0.15, 0.2) is 0 Å². The van der Waals surface area contributed by atoms with Crippen LogP contribution >= 0.6 is 11.3 Å². The third-order valence-corrected chi connectivity index (χ3v) is 10.3. The first-order valence-corrected chi connectivity index (χ1v) is 17.8. The van der Waals surface area contributed by atoms with Crippen molar-refractivity contribution in [1.29, 1.82) is 0 Å². The average Bonchev–Trinajstić information content (AvgIpc) is 3.59. The predicted molar refractivity (Wildman–Crippen MR) is 215 cm³/mol. The van der Waals surface area contributed by atoms with E-state index in [0.717, 1.165) is 39.9 Å². The molecule has 51 heavy (non-hydrogen) atoms. The Morgan fingerprint density at radius 1 is 0.431 bits per heavy atom. The normalized spacial score (nSPS) is 11.1. The SMILES string of the molecule is c1ccc(-c2c(-c3ccccn3)sc3ccc(N(c4ccc(N(c5ccccc5)c5ccccc5)nc4)c4ccc5ccccc5c4)cc23)cc1. The molecule has 0 aliphatic heterocycles. The number of anilines is 6. The second-order valence-corrected chi connectivity index (χ2v) is 13.4. The lowest BCUT2D eigenvalue weighted by Crippen LogP contribution is -2.13. The summed E-state index contributed by atoms with van der Waals surface area (Å²) in [6.45, 7) is 0. The molecule has 0 unspecified atom stereocenters. The van der Waals surface area contributed by atoms with E-state index >= 15 is 0 Å². The van der Waals surface area contributed by atoms with Crippen molar-refractivity contribution in [1.82, 2.24) is 9.97 Å². The number of nitrogens with zero attached hydrogens (tertiary/aromatic N) is 4. The topological polar surface area (TPSA) is 32.3 Å². The number of hydrogen-bond acceptors (Lipinski definition) is 5. The number of pyridine rings is 2. The summed E-state index contributed by atoms with van der Waals surface area (Å²) in [6.07, 6.45) is 3.85. The largest absolute Gasteiger partial charge is 0.309 e. The Balaban J connectivity index is 1.22. The fourth-order valence-electron chi connectivity index (χ4n) is 6.77. The van der Waals surface area contributed by atoms with Gasteiger partial charge in [-0.2, -0.15) is 0 Å². The van der Waals surface area contributed by atoms with E-state index in [-0.39, 0.29) is 0 Å². The first-order chi connectivity index (χ1) is 25.3. The van der Waals surface area contributed by atoms with Crippen molar-refractivity contribution in [2.75, 3.05) is 9.80 Å². The van der Waals surface area contributed by atoms with Gasteiger partial charge >= 0.3 is 0 Å². The molecule has 6 aromatic carbocycles. The Morgan fingerprint density at radius 3 is 1.75 bits per heavy atom. The highest BCUT2D eigenvalue weighted by Gasteiger charge is 2.21. The van der Waals surface area contributed by atoms with Gasteiger partial charge in [-0.05, 0) is 95.2 Å². The fraction of sp³-hybridized carbons (Fsp3) is 0. The molecule has 0 saturated heterocycles. The third kappa shape index (κ3) is 5.90. The summed E-state index contributed by atoms with van der Waals surface area (Å²) in [7, 11) is 0.